The van der Waals surface area contributed by atoms with Gasteiger partial charge in [-0.05, 0) is 245 Å². The molecule has 0 aliphatic carbocycles. The second-order valence-corrected chi connectivity index (χ2v) is 29.3. The summed E-state index contributed by atoms with van der Waals surface area (Å²) in [5.41, 5.74) is 23.8. The first kappa shape index (κ1) is 58.1. The second kappa shape index (κ2) is 21.7. The van der Waals surface area contributed by atoms with E-state index in [-0.39, 0.29) is 21.7 Å². The van der Waals surface area contributed by atoms with Crippen LogP contribution in [-0.2, 0) is 21.7 Å². The van der Waals surface area contributed by atoms with Crippen molar-refractivity contribution in [1.82, 2.24) is 29.1 Å². The van der Waals surface area contributed by atoms with E-state index in [0.717, 1.165) is 100 Å². The second-order valence-electron chi connectivity index (χ2n) is 29.3. The number of fused-ring (bicyclic) bond motifs is 8. The molecular formula is C86H76N6. The van der Waals surface area contributed by atoms with E-state index in [4.69, 9.17) is 19.9 Å². The Morgan fingerprint density at radius 1 is 0.228 bits per heavy atom. The van der Waals surface area contributed by atoms with E-state index < -0.39 is 0 Å². The van der Waals surface area contributed by atoms with Gasteiger partial charge in [0.2, 0.25) is 0 Å². The van der Waals surface area contributed by atoms with Gasteiger partial charge in [0.05, 0.1) is 44.8 Å². The van der Waals surface area contributed by atoms with Gasteiger partial charge in [-0.15, -0.1) is 0 Å². The van der Waals surface area contributed by atoms with Gasteiger partial charge in [-0.2, -0.15) is 0 Å². The van der Waals surface area contributed by atoms with Crippen LogP contribution in [0.2, 0.25) is 0 Å². The predicted octanol–water partition coefficient (Wildman–Crippen LogP) is 23.0. The molecule has 15 rings (SSSR count). The lowest BCUT2D eigenvalue weighted by molar-refractivity contribution is 0.590. The van der Waals surface area contributed by atoms with Gasteiger partial charge in [0.15, 0.2) is 0 Å². The van der Waals surface area contributed by atoms with Gasteiger partial charge in [0.25, 0.3) is 0 Å². The zero-order chi connectivity index (χ0) is 63.6. The van der Waals surface area contributed by atoms with Gasteiger partial charge in [0.1, 0.15) is 0 Å². The average Bonchev–Trinajstić information content (AvgIpc) is 1.27. The van der Waals surface area contributed by atoms with Crippen LogP contribution in [0.15, 0.2) is 243 Å². The standard InChI is InChI=1S/C86H76N6/c1-83(2,3)59-25-33-77-67(47-59)68-48-60(84(4,5)6)26-34-78(68)91(77)63-29-31-65-71(51-63)81(57-43-53(73-21-13-17-37-87-73)41-54(44-57)74-22-14-18-38-88-74)66-32-30-64(92-79-35-27-61(85(7,8)9)49-69(79)70-50-62(86(10,11)12)28-36-80(70)92)52-72(66)82(65)58-45-55(75-23-15-19-39-89-75)42-56(46-58)76-24-16-20-40-90-76/h13-52H,1-12H3. The summed E-state index contributed by atoms with van der Waals surface area (Å²) >= 11 is 0. The minimum atomic E-state index is -0.0468. The Morgan fingerprint density at radius 2 is 0.489 bits per heavy atom. The molecule has 9 aromatic carbocycles. The highest BCUT2D eigenvalue weighted by molar-refractivity contribution is 6.23. The van der Waals surface area contributed by atoms with Crippen molar-refractivity contribution in [3.8, 4) is 78.7 Å². The quantitative estimate of drug-likeness (QED) is 0.142. The molecule has 0 radical (unpaired) electrons. The van der Waals surface area contributed by atoms with Crippen molar-refractivity contribution in [2.45, 2.75) is 105 Å². The van der Waals surface area contributed by atoms with Crippen LogP contribution >= 0.6 is 0 Å². The number of benzene rings is 9. The Bertz CT molecular complexity index is 4800. The third-order valence-corrected chi connectivity index (χ3v) is 18.9. The lowest BCUT2D eigenvalue weighted by Gasteiger charge is -2.22. The predicted molar refractivity (Wildman–Crippen MR) is 389 cm³/mol. The van der Waals surface area contributed by atoms with Crippen LogP contribution in [0.25, 0.3) is 144 Å². The Morgan fingerprint density at radius 3 is 0.728 bits per heavy atom. The summed E-state index contributed by atoms with van der Waals surface area (Å²) < 4.78 is 5.01. The van der Waals surface area contributed by atoms with Gasteiger partial charge < -0.3 is 9.13 Å². The Balaban J connectivity index is 1.12. The Hall–Kier alpha value is -10.3. The van der Waals surface area contributed by atoms with Crippen molar-refractivity contribution < 1.29 is 0 Å². The molecule has 0 N–H and O–H groups in total. The molecule has 92 heavy (non-hydrogen) atoms. The van der Waals surface area contributed by atoms with Gasteiger partial charge in [-0.1, -0.05) is 144 Å². The highest BCUT2D eigenvalue weighted by atomic mass is 15.0. The fourth-order valence-electron chi connectivity index (χ4n) is 13.8. The fraction of sp³-hybridized carbons (Fsp3) is 0.186. The minimum Gasteiger partial charge on any atom is -0.309 e. The highest BCUT2D eigenvalue weighted by Gasteiger charge is 2.27. The molecule has 0 unspecified atom stereocenters. The molecule has 0 bridgehead atoms. The third-order valence-electron chi connectivity index (χ3n) is 18.9. The number of nitrogens with zero attached hydrogens (tertiary/aromatic N) is 6. The highest BCUT2D eigenvalue weighted by Crippen LogP contribution is 2.50. The van der Waals surface area contributed by atoms with Crippen molar-refractivity contribution >= 4 is 65.2 Å². The molecule has 0 aliphatic rings. The van der Waals surface area contributed by atoms with Crippen LogP contribution in [0.3, 0.4) is 0 Å². The molecule has 15 aromatic rings. The smallest absolute Gasteiger partial charge is 0.0702 e. The minimum absolute atomic E-state index is 0.0468. The van der Waals surface area contributed by atoms with Crippen LogP contribution in [0.4, 0.5) is 0 Å². The van der Waals surface area contributed by atoms with E-state index in [0.29, 0.717) is 0 Å². The number of hydrogen-bond acceptors (Lipinski definition) is 4. The van der Waals surface area contributed by atoms with Gasteiger partial charge in [-0.25, -0.2) is 0 Å². The van der Waals surface area contributed by atoms with Gasteiger partial charge in [0, 0.05) is 80.0 Å². The average molecular weight is 1190 g/mol. The lowest BCUT2D eigenvalue weighted by Crippen LogP contribution is -2.10. The molecule has 0 atom stereocenters. The molecule has 0 spiro atoms. The molecule has 6 heteroatoms. The van der Waals surface area contributed by atoms with Gasteiger partial charge >= 0.3 is 0 Å². The summed E-state index contributed by atoms with van der Waals surface area (Å²) in [5, 5.41) is 9.43. The third kappa shape index (κ3) is 10.2. The maximum Gasteiger partial charge on any atom is 0.0702 e. The first-order chi connectivity index (χ1) is 44.1. The Labute approximate surface area is 540 Å². The summed E-state index contributed by atoms with van der Waals surface area (Å²) in [6.45, 7) is 27.7. The lowest BCUT2D eigenvalue weighted by atomic mass is 9.83. The topological polar surface area (TPSA) is 61.4 Å². The summed E-state index contributed by atoms with van der Waals surface area (Å²) in [7, 11) is 0. The molecule has 6 aromatic heterocycles. The van der Waals surface area contributed by atoms with Crippen LogP contribution in [0, 0.1) is 0 Å². The van der Waals surface area contributed by atoms with Crippen LogP contribution in [-0.4, -0.2) is 29.1 Å². The van der Waals surface area contributed by atoms with Crippen LogP contribution in [0.5, 0.6) is 0 Å². The summed E-state index contributed by atoms with van der Waals surface area (Å²) in [4.78, 5) is 20.0. The molecule has 450 valence electrons. The monoisotopic (exact) mass is 1190 g/mol. The molecule has 0 fully saturated rings. The van der Waals surface area contributed by atoms with Crippen molar-refractivity contribution in [2.75, 3.05) is 0 Å². The van der Waals surface area contributed by atoms with E-state index in [2.05, 4.69) is 286 Å². The first-order valence-corrected chi connectivity index (χ1v) is 32.3. The number of aromatic nitrogens is 6. The SMILES string of the molecule is CC(C)(C)c1ccc2c(c1)c1cc(C(C)(C)C)ccc1n2-c1ccc2c(-c3cc(-c4ccccn4)cc(-c4ccccn4)c3)c3cc(-n4c5ccc(C(C)(C)C)cc5c5cc(C(C)(C)C)ccc54)ccc3c(-c3cc(-c4ccccn4)cc(-c4ccccn4)c3)c2c1. The molecular weight excluding hydrogens is 1120 g/mol. The van der Waals surface area contributed by atoms with Gasteiger partial charge in [-0.3, -0.25) is 19.9 Å². The molecule has 0 saturated carbocycles. The number of rotatable bonds is 8. The van der Waals surface area contributed by atoms with E-state index in [1.807, 2.05) is 49.1 Å². The summed E-state index contributed by atoms with van der Waals surface area (Å²) in [6.07, 6.45) is 7.54. The van der Waals surface area contributed by atoms with Crippen molar-refractivity contribution in [3.05, 3.63) is 265 Å². The van der Waals surface area contributed by atoms with E-state index in [1.165, 1.54) is 65.9 Å². The zero-order valence-corrected chi connectivity index (χ0v) is 54.8. The van der Waals surface area contributed by atoms with E-state index in [9.17, 15) is 0 Å². The summed E-state index contributed by atoms with van der Waals surface area (Å²) in [5.74, 6) is 0. The van der Waals surface area contributed by atoms with Crippen molar-refractivity contribution in [3.63, 3.8) is 0 Å². The van der Waals surface area contributed by atoms with Crippen molar-refractivity contribution in [2.24, 2.45) is 0 Å². The summed E-state index contributed by atoms with van der Waals surface area (Å²) in [6, 6.07) is 81.5. The van der Waals surface area contributed by atoms with E-state index in [1.54, 1.807) is 0 Å². The van der Waals surface area contributed by atoms with E-state index >= 15 is 0 Å². The normalized spacial score (nSPS) is 12.6. The van der Waals surface area contributed by atoms with Crippen LogP contribution < -0.4 is 0 Å². The maximum atomic E-state index is 5.00. The molecule has 6 nitrogen and oxygen atoms in total. The zero-order valence-electron chi connectivity index (χ0n) is 54.8. The van der Waals surface area contributed by atoms with Crippen molar-refractivity contribution in [1.29, 1.82) is 0 Å². The molecule has 0 amide bonds. The molecule has 0 aliphatic heterocycles. The molecule has 6 heterocycles. The number of hydrogen-bond donors (Lipinski definition) is 0. The largest absolute Gasteiger partial charge is 0.309 e. The van der Waals surface area contributed by atoms with Crippen LogP contribution in [0.1, 0.15) is 105 Å². The first-order valence-electron chi connectivity index (χ1n) is 32.3. The Kier molecular flexibility index (Phi) is 13.7. The molecule has 0 saturated heterocycles. The number of pyridine rings is 4. The maximum absolute atomic E-state index is 5.00. The fourth-order valence-corrected chi connectivity index (χ4v) is 13.8.